The molecule has 0 saturated heterocycles. The van der Waals surface area contributed by atoms with Gasteiger partial charge < -0.3 is 9.67 Å². The van der Waals surface area contributed by atoms with E-state index in [0.717, 1.165) is 23.6 Å². The van der Waals surface area contributed by atoms with Gasteiger partial charge in [-0.05, 0) is 47.7 Å². The highest BCUT2D eigenvalue weighted by Crippen LogP contribution is 2.25. The highest BCUT2D eigenvalue weighted by molar-refractivity contribution is 7.98. The Morgan fingerprint density at radius 2 is 2.00 bits per heavy atom. The van der Waals surface area contributed by atoms with Gasteiger partial charge in [-0.3, -0.25) is 0 Å². The van der Waals surface area contributed by atoms with Crippen molar-refractivity contribution in [2.45, 2.75) is 24.4 Å². The van der Waals surface area contributed by atoms with E-state index in [2.05, 4.69) is 25.1 Å². The summed E-state index contributed by atoms with van der Waals surface area (Å²) in [5.74, 6) is 0.460. The fourth-order valence-corrected chi connectivity index (χ4v) is 3.74. The van der Waals surface area contributed by atoms with E-state index in [9.17, 15) is 9.90 Å². The molecule has 0 aliphatic rings. The number of nitrogens with zero attached hydrogens (tertiary/aromatic N) is 6. The second kappa shape index (κ2) is 7.20. The van der Waals surface area contributed by atoms with Crippen molar-refractivity contribution in [1.29, 1.82) is 0 Å². The molecule has 0 radical (unpaired) electrons. The van der Waals surface area contributed by atoms with E-state index >= 15 is 0 Å². The van der Waals surface area contributed by atoms with Crippen LogP contribution in [0.1, 0.15) is 23.1 Å². The smallest absolute Gasteiger partial charge is 0.335 e. The first-order valence-electron chi connectivity index (χ1n) is 8.36. The minimum absolute atomic E-state index is 0.232. The number of benzene rings is 2. The summed E-state index contributed by atoms with van der Waals surface area (Å²) in [6, 6.07) is 14.7. The van der Waals surface area contributed by atoms with Crippen molar-refractivity contribution in [3.05, 3.63) is 59.9 Å². The number of carboxylic acids is 1. The summed E-state index contributed by atoms with van der Waals surface area (Å²) in [6.45, 7) is 2.77. The molecule has 0 fully saturated rings. The van der Waals surface area contributed by atoms with E-state index in [1.54, 1.807) is 22.9 Å². The molecular formula is C18H16N6O2S. The number of imidazole rings is 1. The average molecular weight is 380 g/mol. The molecule has 0 saturated carbocycles. The van der Waals surface area contributed by atoms with Gasteiger partial charge in [0.1, 0.15) is 5.82 Å². The molecule has 2 aromatic carbocycles. The zero-order chi connectivity index (χ0) is 18.8. The van der Waals surface area contributed by atoms with Crippen LogP contribution < -0.4 is 0 Å². The van der Waals surface area contributed by atoms with Crippen molar-refractivity contribution in [2.24, 2.45) is 0 Å². The molecule has 8 nitrogen and oxygen atoms in total. The number of aryl methyl sites for hydroxylation is 1. The third-order valence-electron chi connectivity index (χ3n) is 4.16. The fraction of sp³-hybridized carbons (Fsp3) is 0.167. The maximum Gasteiger partial charge on any atom is 0.335 e. The molecule has 0 atom stereocenters. The van der Waals surface area contributed by atoms with Gasteiger partial charge in [-0.1, -0.05) is 30.0 Å². The first-order valence-corrected chi connectivity index (χ1v) is 9.35. The standard InChI is InChI=1S/C18H16N6O2S/c1-2-23-15-9-8-12(17(25)26)10-14(15)19-16(23)11-27-18-20-21-22-24(18)13-6-4-3-5-7-13/h3-10H,2,11H2,1H3,(H,25,26). The first kappa shape index (κ1) is 17.2. The molecule has 27 heavy (non-hydrogen) atoms. The predicted molar refractivity (Wildman–Crippen MR) is 101 cm³/mol. The molecule has 9 heteroatoms. The minimum Gasteiger partial charge on any atom is -0.478 e. The normalized spacial score (nSPS) is 11.1. The Kier molecular flexibility index (Phi) is 4.59. The van der Waals surface area contributed by atoms with Crippen molar-refractivity contribution in [1.82, 2.24) is 29.8 Å². The highest BCUT2D eigenvalue weighted by atomic mass is 32.2. The van der Waals surface area contributed by atoms with Gasteiger partial charge in [-0.2, -0.15) is 4.68 Å². The lowest BCUT2D eigenvalue weighted by Crippen LogP contribution is -2.02. The Balaban J connectivity index is 1.63. The van der Waals surface area contributed by atoms with Crippen LogP contribution in [0.3, 0.4) is 0 Å². The van der Waals surface area contributed by atoms with Crippen LogP contribution in [0, 0.1) is 0 Å². The van der Waals surface area contributed by atoms with Crippen LogP contribution in [0.15, 0.2) is 53.7 Å². The molecule has 0 unspecified atom stereocenters. The van der Waals surface area contributed by atoms with Crippen LogP contribution in [0.2, 0.25) is 0 Å². The number of carboxylic acid groups (broad SMARTS) is 1. The molecule has 0 amide bonds. The molecule has 0 spiro atoms. The van der Waals surface area contributed by atoms with Crippen molar-refractivity contribution in [3.8, 4) is 5.69 Å². The van der Waals surface area contributed by atoms with Gasteiger partial charge >= 0.3 is 5.97 Å². The third-order valence-corrected chi connectivity index (χ3v) is 5.08. The van der Waals surface area contributed by atoms with Gasteiger partial charge in [-0.15, -0.1) is 5.10 Å². The van der Waals surface area contributed by atoms with E-state index in [1.807, 2.05) is 37.3 Å². The summed E-state index contributed by atoms with van der Waals surface area (Å²) in [7, 11) is 0. The number of thioether (sulfide) groups is 1. The fourth-order valence-electron chi connectivity index (χ4n) is 2.91. The minimum atomic E-state index is -0.957. The zero-order valence-electron chi connectivity index (χ0n) is 14.5. The van der Waals surface area contributed by atoms with Crippen molar-refractivity contribution < 1.29 is 9.90 Å². The number of fused-ring (bicyclic) bond motifs is 1. The summed E-state index contributed by atoms with van der Waals surface area (Å²) in [5.41, 5.74) is 2.71. The molecule has 0 aliphatic carbocycles. The average Bonchev–Trinajstić information content (AvgIpc) is 3.30. The Hall–Kier alpha value is -3.20. The molecule has 4 aromatic rings. The second-order valence-electron chi connectivity index (χ2n) is 5.78. The van der Waals surface area contributed by atoms with Crippen LogP contribution in [0.4, 0.5) is 0 Å². The van der Waals surface area contributed by atoms with Gasteiger partial charge in [-0.25, -0.2) is 9.78 Å². The Morgan fingerprint density at radius 1 is 1.19 bits per heavy atom. The van der Waals surface area contributed by atoms with Crippen LogP contribution in [0.25, 0.3) is 16.7 Å². The highest BCUT2D eigenvalue weighted by Gasteiger charge is 2.15. The van der Waals surface area contributed by atoms with Gasteiger partial charge in [0.05, 0.1) is 28.0 Å². The van der Waals surface area contributed by atoms with Gasteiger partial charge in [0.2, 0.25) is 5.16 Å². The van der Waals surface area contributed by atoms with E-state index in [1.165, 1.54) is 11.8 Å². The lowest BCUT2D eigenvalue weighted by atomic mass is 10.2. The van der Waals surface area contributed by atoms with Crippen molar-refractivity contribution in [2.75, 3.05) is 0 Å². The van der Waals surface area contributed by atoms with Crippen LogP contribution in [0.5, 0.6) is 0 Å². The maximum atomic E-state index is 11.2. The topological polar surface area (TPSA) is 98.7 Å². The summed E-state index contributed by atoms with van der Waals surface area (Å²) in [6.07, 6.45) is 0. The molecule has 0 aliphatic heterocycles. The first-order chi connectivity index (χ1) is 13.2. The van der Waals surface area contributed by atoms with Gasteiger partial charge in [0, 0.05) is 6.54 Å². The molecule has 0 bridgehead atoms. The molecule has 136 valence electrons. The lowest BCUT2D eigenvalue weighted by Gasteiger charge is -2.06. The third kappa shape index (κ3) is 3.28. The van der Waals surface area contributed by atoms with Crippen LogP contribution >= 0.6 is 11.8 Å². The van der Waals surface area contributed by atoms with Gasteiger partial charge in [0.15, 0.2) is 0 Å². The second-order valence-corrected chi connectivity index (χ2v) is 6.72. The molecule has 2 heterocycles. The summed E-state index contributed by atoms with van der Waals surface area (Å²) >= 11 is 1.48. The summed E-state index contributed by atoms with van der Waals surface area (Å²) in [5, 5.41) is 21.8. The van der Waals surface area contributed by atoms with E-state index in [4.69, 9.17) is 0 Å². The molecular weight excluding hydrogens is 364 g/mol. The number of para-hydroxylation sites is 1. The number of rotatable bonds is 6. The van der Waals surface area contributed by atoms with Gasteiger partial charge in [0.25, 0.3) is 0 Å². The molecule has 2 aromatic heterocycles. The number of aromatic nitrogens is 6. The van der Waals surface area contributed by atoms with E-state index in [-0.39, 0.29) is 5.56 Å². The van der Waals surface area contributed by atoms with E-state index < -0.39 is 5.97 Å². The number of aromatic carboxylic acids is 1. The number of hydrogen-bond acceptors (Lipinski definition) is 6. The SMILES string of the molecule is CCn1c(CSc2nnnn2-c2ccccc2)nc2cc(C(=O)O)ccc21. The zero-order valence-corrected chi connectivity index (χ0v) is 15.3. The quantitative estimate of drug-likeness (QED) is 0.513. The van der Waals surface area contributed by atoms with Crippen molar-refractivity contribution in [3.63, 3.8) is 0 Å². The number of tetrazole rings is 1. The Labute approximate surface area is 158 Å². The Bertz CT molecular complexity index is 1110. The summed E-state index contributed by atoms with van der Waals surface area (Å²) in [4.78, 5) is 15.8. The number of carbonyl (C=O) groups is 1. The van der Waals surface area contributed by atoms with Crippen LogP contribution in [-0.2, 0) is 12.3 Å². The lowest BCUT2D eigenvalue weighted by molar-refractivity contribution is 0.0697. The summed E-state index contributed by atoms with van der Waals surface area (Å²) < 4.78 is 3.76. The van der Waals surface area contributed by atoms with Crippen molar-refractivity contribution >= 4 is 28.8 Å². The monoisotopic (exact) mass is 380 g/mol. The van der Waals surface area contributed by atoms with E-state index in [0.29, 0.717) is 16.4 Å². The number of hydrogen-bond donors (Lipinski definition) is 1. The van der Waals surface area contributed by atoms with Crippen LogP contribution in [-0.4, -0.2) is 40.8 Å². The molecule has 1 N–H and O–H groups in total. The molecule has 4 rings (SSSR count). The maximum absolute atomic E-state index is 11.2. The largest absolute Gasteiger partial charge is 0.478 e. The Morgan fingerprint density at radius 3 is 2.74 bits per heavy atom. The predicted octanol–water partition coefficient (Wildman–Crippen LogP) is 3.02.